The van der Waals surface area contributed by atoms with Gasteiger partial charge in [0.05, 0.1) is 5.56 Å². The number of phenols is 1. The van der Waals surface area contributed by atoms with Gasteiger partial charge in [0.1, 0.15) is 11.4 Å². The second-order valence-electron chi connectivity index (χ2n) is 4.07. The lowest BCUT2D eigenvalue weighted by molar-refractivity contribution is 0.425. The number of aromatic hydroxyl groups is 1. The molecule has 2 aromatic heterocycles. The van der Waals surface area contributed by atoms with E-state index in [0.29, 0.717) is 17.1 Å². The van der Waals surface area contributed by atoms with E-state index in [1.807, 2.05) is 6.07 Å². The van der Waals surface area contributed by atoms with E-state index in [4.69, 9.17) is 4.52 Å². The minimum absolute atomic E-state index is 0.0578. The zero-order valence-corrected chi connectivity index (χ0v) is 15.0. The third-order valence-corrected chi connectivity index (χ3v) is 4.17. The van der Waals surface area contributed by atoms with Gasteiger partial charge in [-0.3, -0.25) is 4.98 Å². The van der Waals surface area contributed by atoms with Gasteiger partial charge < -0.3 is 9.63 Å². The van der Waals surface area contributed by atoms with Crippen LogP contribution in [0.1, 0.15) is 0 Å². The third-order valence-electron chi connectivity index (χ3n) is 2.64. The second kappa shape index (κ2) is 5.86. The Kier molecular flexibility index (Phi) is 4.10. The molecule has 1 N–H and O–H groups in total. The first kappa shape index (κ1) is 14.7. The van der Waals surface area contributed by atoms with Crippen LogP contribution in [0.25, 0.3) is 23.0 Å². The highest BCUT2D eigenvalue weighted by atomic mass is 79.9. The van der Waals surface area contributed by atoms with Crippen molar-refractivity contribution in [3.63, 3.8) is 0 Å². The molecule has 3 rings (SSSR count). The predicted molar refractivity (Wildman–Crippen MR) is 87.7 cm³/mol. The number of phenolic OH excluding ortho intramolecular Hbond substituents is 1. The van der Waals surface area contributed by atoms with Crippen LogP contribution in [0, 0.1) is 0 Å². The van der Waals surface area contributed by atoms with E-state index in [9.17, 15) is 5.11 Å². The summed E-state index contributed by atoms with van der Waals surface area (Å²) in [4.78, 5) is 8.51. The van der Waals surface area contributed by atoms with Crippen molar-refractivity contribution in [2.45, 2.75) is 0 Å². The van der Waals surface area contributed by atoms with Crippen molar-refractivity contribution in [2.75, 3.05) is 0 Å². The summed E-state index contributed by atoms with van der Waals surface area (Å²) in [5.74, 6) is 0.626. The lowest BCUT2D eigenvalue weighted by atomic mass is 10.2. The number of pyridine rings is 1. The first-order valence-corrected chi connectivity index (χ1v) is 8.06. The minimum Gasteiger partial charge on any atom is -0.507 e. The molecule has 0 saturated carbocycles. The Morgan fingerprint density at radius 1 is 1.05 bits per heavy atom. The summed E-state index contributed by atoms with van der Waals surface area (Å²) >= 11 is 10.0. The van der Waals surface area contributed by atoms with Gasteiger partial charge in [-0.25, -0.2) is 0 Å². The van der Waals surface area contributed by atoms with Crippen LogP contribution in [0.5, 0.6) is 5.75 Å². The van der Waals surface area contributed by atoms with Crippen molar-refractivity contribution in [3.05, 3.63) is 43.9 Å². The summed E-state index contributed by atoms with van der Waals surface area (Å²) in [5, 5.41) is 13.8. The fraction of sp³-hybridized carbons (Fsp3) is 0. The molecule has 0 unspecified atom stereocenters. The Bertz CT molecular complexity index is 754. The average molecular weight is 476 g/mol. The first-order chi connectivity index (χ1) is 10.0. The minimum atomic E-state index is 0.0578. The standard InChI is InChI=1S/C13H6Br3N3O2/c14-6-1-2-8(10(20)4-6)13-18-12(19-21-13)11-9(16)3-7(15)5-17-11/h1-5,20H. The van der Waals surface area contributed by atoms with Gasteiger partial charge in [0.25, 0.3) is 5.89 Å². The lowest BCUT2D eigenvalue weighted by Crippen LogP contribution is -1.88. The number of nitrogens with zero attached hydrogens (tertiary/aromatic N) is 3. The lowest BCUT2D eigenvalue weighted by Gasteiger charge is -1.99. The van der Waals surface area contributed by atoms with Crippen LogP contribution in [0.15, 0.2) is 48.4 Å². The van der Waals surface area contributed by atoms with Gasteiger partial charge in [0.2, 0.25) is 5.82 Å². The molecule has 106 valence electrons. The topological polar surface area (TPSA) is 72.0 Å². The van der Waals surface area contributed by atoms with Crippen LogP contribution in [-0.4, -0.2) is 20.2 Å². The summed E-state index contributed by atoms with van der Waals surface area (Å²) in [6.45, 7) is 0. The number of hydrogen-bond donors (Lipinski definition) is 1. The maximum absolute atomic E-state index is 9.93. The van der Waals surface area contributed by atoms with Crippen molar-refractivity contribution in [1.82, 2.24) is 15.1 Å². The van der Waals surface area contributed by atoms with Gasteiger partial charge in [-0.15, -0.1) is 0 Å². The van der Waals surface area contributed by atoms with Crippen LogP contribution in [-0.2, 0) is 0 Å². The van der Waals surface area contributed by atoms with E-state index in [1.54, 1.807) is 24.4 Å². The monoisotopic (exact) mass is 473 g/mol. The van der Waals surface area contributed by atoms with Crippen molar-refractivity contribution in [3.8, 4) is 28.7 Å². The number of benzene rings is 1. The zero-order valence-electron chi connectivity index (χ0n) is 10.2. The summed E-state index contributed by atoms with van der Waals surface area (Å²) in [6, 6.07) is 6.88. The molecule has 0 aliphatic heterocycles. The van der Waals surface area contributed by atoms with Gasteiger partial charge >= 0.3 is 0 Å². The molecule has 8 heteroatoms. The third kappa shape index (κ3) is 3.02. The largest absolute Gasteiger partial charge is 0.507 e. The molecule has 0 saturated heterocycles. The molecule has 0 bridgehead atoms. The Labute approximate surface area is 144 Å². The van der Waals surface area contributed by atoms with E-state index in [1.165, 1.54) is 0 Å². The van der Waals surface area contributed by atoms with E-state index in [2.05, 4.69) is 62.9 Å². The Hall–Kier alpha value is -1.25. The Balaban J connectivity index is 2.03. The summed E-state index contributed by atoms with van der Waals surface area (Å²) < 4.78 is 7.55. The molecule has 0 aliphatic carbocycles. The quantitative estimate of drug-likeness (QED) is 0.577. The summed E-state index contributed by atoms with van der Waals surface area (Å²) in [7, 11) is 0. The highest BCUT2D eigenvalue weighted by Gasteiger charge is 2.16. The molecule has 2 heterocycles. The van der Waals surface area contributed by atoms with Gasteiger partial charge in [0, 0.05) is 19.6 Å². The van der Waals surface area contributed by atoms with Gasteiger partial charge in [-0.05, 0) is 56.1 Å². The maximum Gasteiger partial charge on any atom is 0.262 e. The highest BCUT2D eigenvalue weighted by molar-refractivity contribution is 9.11. The second-order valence-corrected chi connectivity index (χ2v) is 6.75. The highest BCUT2D eigenvalue weighted by Crippen LogP contribution is 2.33. The maximum atomic E-state index is 9.93. The smallest absolute Gasteiger partial charge is 0.262 e. The molecule has 0 fully saturated rings. The molecule has 0 atom stereocenters. The van der Waals surface area contributed by atoms with Gasteiger partial charge in [-0.2, -0.15) is 4.98 Å². The van der Waals surface area contributed by atoms with E-state index >= 15 is 0 Å². The predicted octanol–water partition coefficient (Wildman–Crippen LogP) is 4.79. The molecule has 0 spiro atoms. The van der Waals surface area contributed by atoms with Crippen molar-refractivity contribution >= 4 is 47.8 Å². The Morgan fingerprint density at radius 2 is 1.86 bits per heavy atom. The number of hydrogen-bond acceptors (Lipinski definition) is 5. The molecular weight excluding hydrogens is 470 g/mol. The average Bonchev–Trinajstić information content (AvgIpc) is 2.87. The van der Waals surface area contributed by atoms with Crippen LogP contribution < -0.4 is 0 Å². The summed E-state index contributed by atoms with van der Waals surface area (Å²) in [6.07, 6.45) is 1.65. The van der Waals surface area contributed by atoms with Crippen molar-refractivity contribution in [1.29, 1.82) is 0 Å². The van der Waals surface area contributed by atoms with E-state index in [-0.39, 0.29) is 11.6 Å². The normalized spacial score (nSPS) is 10.8. The van der Waals surface area contributed by atoms with Crippen LogP contribution in [0.3, 0.4) is 0 Å². The fourth-order valence-corrected chi connectivity index (χ4v) is 3.21. The van der Waals surface area contributed by atoms with Crippen molar-refractivity contribution < 1.29 is 9.63 Å². The van der Waals surface area contributed by atoms with Crippen molar-refractivity contribution in [2.24, 2.45) is 0 Å². The van der Waals surface area contributed by atoms with E-state index < -0.39 is 0 Å². The molecule has 1 aromatic carbocycles. The number of aromatic nitrogens is 3. The molecule has 0 aliphatic rings. The van der Waals surface area contributed by atoms with Crippen LogP contribution >= 0.6 is 47.8 Å². The van der Waals surface area contributed by atoms with Gasteiger partial charge in [-0.1, -0.05) is 21.1 Å². The molecule has 5 nitrogen and oxygen atoms in total. The van der Waals surface area contributed by atoms with Crippen LogP contribution in [0.4, 0.5) is 0 Å². The molecular formula is C13H6Br3N3O2. The van der Waals surface area contributed by atoms with Gasteiger partial charge in [0.15, 0.2) is 0 Å². The molecule has 0 amide bonds. The molecule has 0 radical (unpaired) electrons. The number of halogens is 3. The van der Waals surface area contributed by atoms with E-state index in [0.717, 1.165) is 13.4 Å². The fourth-order valence-electron chi connectivity index (χ4n) is 1.69. The molecule has 21 heavy (non-hydrogen) atoms. The number of rotatable bonds is 2. The SMILES string of the molecule is Oc1cc(Br)ccc1-c1nc(-c2ncc(Br)cc2Br)no1. The first-order valence-electron chi connectivity index (χ1n) is 5.68. The van der Waals surface area contributed by atoms with Crippen LogP contribution in [0.2, 0.25) is 0 Å². The summed E-state index contributed by atoms with van der Waals surface area (Å²) in [5.41, 5.74) is 1.02. The Morgan fingerprint density at radius 3 is 2.57 bits per heavy atom. The molecule has 3 aromatic rings. The zero-order chi connectivity index (χ0) is 15.0.